The predicted molar refractivity (Wildman–Crippen MR) is 97.8 cm³/mol. The number of para-hydroxylation sites is 1. The van der Waals surface area contributed by atoms with Gasteiger partial charge < -0.3 is 14.4 Å². The van der Waals surface area contributed by atoms with Crippen molar-refractivity contribution in [3.05, 3.63) is 51.9 Å². The number of nitrogens with zero attached hydrogens (tertiary/aromatic N) is 4. The highest BCUT2D eigenvalue weighted by Gasteiger charge is 2.29. The molecule has 1 aromatic heterocycles. The van der Waals surface area contributed by atoms with Gasteiger partial charge in [-0.2, -0.15) is 0 Å². The second-order valence-electron chi connectivity index (χ2n) is 6.22. The second kappa shape index (κ2) is 6.80. The Balaban J connectivity index is 1.86. The van der Waals surface area contributed by atoms with Crippen molar-refractivity contribution in [2.24, 2.45) is 4.99 Å². The van der Waals surface area contributed by atoms with Crippen molar-refractivity contribution in [3.63, 3.8) is 0 Å². The van der Waals surface area contributed by atoms with E-state index in [4.69, 9.17) is 14.5 Å². The zero-order valence-corrected chi connectivity index (χ0v) is 14.8. The van der Waals surface area contributed by atoms with Gasteiger partial charge in [0, 0.05) is 30.4 Å². The van der Waals surface area contributed by atoms with Gasteiger partial charge in [0.2, 0.25) is 11.9 Å². The van der Waals surface area contributed by atoms with Crippen LogP contribution in [0.25, 0.3) is 0 Å². The van der Waals surface area contributed by atoms with Crippen molar-refractivity contribution in [1.82, 2.24) is 14.5 Å². The van der Waals surface area contributed by atoms with Gasteiger partial charge in [-0.15, -0.1) is 0 Å². The van der Waals surface area contributed by atoms with E-state index >= 15 is 0 Å². The Hall–Kier alpha value is -2.87. The molecule has 0 amide bonds. The fourth-order valence-electron chi connectivity index (χ4n) is 3.26. The van der Waals surface area contributed by atoms with Gasteiger partial charge in [0.05, 0.1) is 20.3 Å². The van der Waals surface area contributed by atoms with Gasteiger partial charge in [-0.05, 0) is 13.0 Å². The first-order valence-corrected chi connectivity index (χ1v) is 8.58. The minimum atomic E-state index is -0.541. The van der Waals surface area contributed by atoms with Gasteiger partial charge in [-0.1, -0.05) is 18.2 Å². The molecule has 0 bridgehead atoms. The summed E-state index contributed by atoms with van der Waals surface area (Å²) in [6, 6.07) is 9.12. The third-order valence-electron chi connectivity index (χ3n) is 4.52. The Morgan fingerprint density at radius 3 is 2.81 bits per heavy atom. The smallest absolute Gasteiger partial charge is 0.257 e. The van der Waals surface area contributed by atoms with Crippen LogP contribution in [0.1, 0.15) is 17.4 Å². The van der Waals surface area contributed by atoms with Crippen LogP contribution in [0.15, 0.2) is 40.1 Å². The summed E-state index contributed by atoms with van der Waals surface area (Å²) in [7, 11) is 1.61. The number of morpholine rings is 1. The van der Waals surface area contributed by atoms with Gasteiger partial charge in [-0.25, -0.2) is 9.98 Å². The van der Waals surface area contributed by atoms with Gasteiger partial charge >= 0.3 is 0 Å². The summed E-state index contributed by atoms with van der Waals surface area (Å²) in [6.07, 6.45) is -0.541. The number of aromatic nitrogens is 2. The number of guanidine groups is 1. The summed E-state index contributed by atoms with van der Waals surface area (Å²) < 4.78 is 12.5. The van der Waals surface area contributed by atoms with Crippen LogP contribution in [-0.2, 0) is 4.74 Å². The third-order valence-corrected chi connectivity index (χ3v) is 4.52. The third kappa shape index (κ3) is 2.92. The van der Waals surface area contributed by atoms with Crippen LogP contribution in [0.4, 0.5) is 5.95 Å². The summed E-state index contributed by atoms with van der Waals surface area (Å²) >= 11 is 0. The molecule has 1 N–H and O–H groups in total. The molecule has 0 aliphatic carbocycles. The summed E-state index contributed by atoms with van der Waals surface area (Å²) in [6.45, 7) is 4.57. The molecule has 2 aliphatic rings. The van der Waals surface area contributed by atoms with E-state index in [1.165, 1.54) is 6.07 Å². The van der Waals surface area contributed by atoms with Crippen LogP contribution in [0.5, 0.6) is 5.75 Å². The lowest BCUT2D eigenvalue weighted by Gasteiger charge is -2.34. The summed E-state index contributed by atoms with van der Waals surface area (Å²) in [5.41, 5.74) is 1.33. The lowest BCUT2D eigenvalue weighted by molar-refractivity contribution is 0.0675. The molecule has 4 rings (SSSR count). The number of benzene rings is 1. The van der Waals surface area contributed by atoms with Crippen molar-refractivity contribution in [2.75, 3.05) is 38.7 Å². The molecule has 2 aliphatic heterocycles. The van der Waals surface area contributed by atoms with Gasteiger partial charge in [0.1, 0.15) is 5.75 Å². The maximum Gasteiger partial charge on any atom is 0.257 e. The molecular formula is C18H21N5O3. The first-order chi connectivity index (χ1) is 12.7. The highest BCUT2D eigenvalue weighted by molar-refractivity contribution is 5.93. The Labute approximate surface area is 151 Å². The molecule has 0 unspecified atom stereocenters. The zero-order valence-electron chi connectivity index (χ0n) is 14.8. The summed E-state index contributed by atoms with van der Waals surface area (Å²) in [5, 5.41) is 3.22. The van der Waals surface area contributed by atoms with E-state index < -0.39 is 6.17 Å². The number of aryl methyl sites for hydroxylation is 1. The van der Waals surface area contributed by atoms with Gasteiger partial charge in [0.15, 0.2) is 6.17 Å². The van der Waals surface area contributed by atoms with Gasteiger partial charge in [-0.3, -0.25) is 14.7 Å². The number of rotatable bonds is 2. The van der Waals surface area contributed by atoms with Crippen molar-refractivity contribution in [2.45, 2.75) is 13.1 Å². The van der Waals surface area contributed by atoms with E-state index in [-0.39, 0.29) is 5.56 Å². The summed E-state index contributed by atoms with van der Waals surface area (Å²) in [5.74, 6) is 1.87. The average Bonchev–Trinajstić information content (AvgIpc) is 2.67. The highest BCUT2D eigenvalue weighted by Crippen LogP contribution is 2.32. The molecule has 1 fully saturated rings. The number of hydrogen-bond acceptors (Lipinski definition) is 7. The zero-order chi connectivity index (χ0) is 18.1. The van der Waals surface area contributed by atoms with Crippen LogP contribution < -0.4 is 15.6 Å². The number of ether oxygens (including phenoxy) is 2. The molecular weight excluding hydrogens is 334 g/mol. The van der Waals surface area contributed by atoms with E-state index in [2.05, 4.69) is 15.2 Å². The van der Waals surface area contributed by atoms with E-state index in [0.29, 0.717) is 36.6 Å². The predicted octanol–water partition coefficient (Wildman–Crippen LogP) is 1.22. The molecule has 0 spiro atoms. The molecule has 8 nitrogen and oxygen atoms in total. The van der Waals surface area contributed by atoms with Crippen molar-refractivity contribution in [3.8, 4) is 5.75 Å². The maximum atomic E-state index is 12.7. The minimum absolute atomic E-state index is 0.152. The first kappa shape index (κ1) is 16.6. The molecule has 3 heterocycles. The monoisotopic (exact) mass is 355 g/mol. The number of methoxy groups -OCH3 is 1. The molecule has 1 saturated heterocycles. The molecule has 136 valence electrons. The van der Waals surface area contributed by atoms with Crippen LogP contribution in [0, 0.1) is 6.92 Å². The Morgan fingerprint density at radius 2 is 2.04 bits per heavy atom. The minimum Gasteiger partial charge on any atom is -0.496 e. The van der Waals surface area contributed by atoms with Crippen LogP contribution in [0.2, 0.25) is 0 Å². The van der Waals surface area contributed by atoms with Crippen molar-refractivity contribution >= 4 is 11.9 Å². The molecule has 0 saturated carbocycles. The van der Waals surface area contributed by atoms with E-state index in [9.17, 15) is 4.79 Å². The SMILES string of the molecule is COc1ccccc1[C@H]1N=C(N2CCOCC2)Nc2nc(C)cc(=O)n21. The normalized spacial score (nSPS) is 19.4. The number of fused-ring (bicyclic) bond motifs is 1. The first-order valence-electron chi connectivity index (χ1n) is 8.58. The lowest BCUT2D eigenvalue weighted by Crippen LogP contribution is -2.47. The average molecular weight is 355 g/mol. The number of anilines is 1. The van der Waals surface area contributed by atoms with Crippen LogP contribution in [0.3, 0.4) is 0 Å². The molecule has 0 radical (unpaired) electrons. The summed E-state index contributed by atoms with van der Waals surface area (Å²) in [4.78, 5) is 24.2. The second-order valence-corrected chi connectivity index (χ2v) is 6.22. The topological polar surface area (TPSA) is 81.0 Å². The molecule has 1 aromatic carbocycles. The van der Waals surface area contributed by atoms with Crippen molar-refractivity contribution < 1.29 is 9.47 Å². The number of hydrogen-bond donors (Lipinski definition) is 1. The van der Waals surface area contributed by atoms with E-state index in [1.54, 1.807) is 11.7 Å². The molecule has 26 heavy (non-hydrogen) atoms. The van der Waals surface area contributed by atoms with E-state index in [1.807, 2.05) is 31.2 Å². The highest BCUT2D eigenvalue weighted by atomic mass is 16.5. The molecule has 2 aromatic rings. The van der Waals surface area contributed by atoms with Crippen LogP contribution in [-0.4, -0.2) is 53.8 Å². The Morgan fingerprint density at radius 1 is 1.27 bits per heavy atom. The van der Waals surface area contributed by atoms with Crippen LogP contribution >= 0.6 is 0 Å². The molecule has 1 atom stereocenters. The maximum absolute atomic E-state index is 12.7. The Kier molecular flexibility index (Phi) is 4.34. The van der Waals surface area contributed by atoms with E-state index in [0.717, 1.165) is 18.7 Å². The molecule has 8 heteroatoms. The van der Waals surface area contributed by atoms with Gasteiger partial charge in [0.25, 0.3) is 5.56 Å². The fourth-order valence-corrected chi connectivity index (χ4v) is 3.26. The standard InChI is InChI=1S/C18H21N5O3/c1-12-11-15(24)23-16(13-5-3-4-6-14(13)25-2)20-17(21-18(23)19-12)22-7-9-26-10-8-22/h3-6,11,16H,7-10H2,1-2H3,(H,19,20,21)/t16-/m0/s1. The van der Waals surface area contributed by atoms with Crippen molar-refractivity contribution in [1.29, 1.82) is 0 Å². The Bertz CT molecular complexity index is 902. The number of nitrogens with one attached hydrogen (secondary N) is 1. The fraction of sp³-hybridized carbons (Fsp3) is 0.389. The number of aliphatic imine (C=N–C) groups is 1. The lowest BCUT2D eigenvalue weighted by atomic mass is 10.1. The quantitative estimate of drug-likeness (QED) is 0.872. The largest absolute Gasteiger partial charge is 0.496 e.